The van der Waals surface area contributed by atoms with Gasteiger partial charge in [0.1, 0.15) is 17.1 Å². The van der Waals surface area contributed by atoms with Gasteiger partial charge in [-0.2, -0.15) is 0 Å². The van der Waals surface area contributed by atoms with E-state index in [9.17, 15) is 4.79 Å². The second kappa shape index (κ2) is 5.85. The van der Waals surface area contributed by atoms with Gasteiger partial charge in [0.05, 0.1) is 5.69 Å². The van der Waals surface area contributed by atoms with Crippen molar-refractivity contribution in [2.75, 3.05) is 0 Å². The average Bonchev–Trinajstić information content (AvgIpc) is 2.88. The molecule has 0 radical (unpaired) electrons. The summed E-state index contributed by atoms with van der Waals surface area (Å²) in [6.45, 7) is 3.40. The summed E-state index contributed by atoms with van der Waals surface area (Å²) in [4.78, 5) is 12.1. The molecule has 3 rings (SSSR count). The molecular formula is C18H15NO3. The molecule has 3 aromatic rings. The fourth-order valence-electron chi connectivity index (χ4n) is 2.28. The van der Waals surface area contributed by atoms with Crippen LogP contribution in [0.5, 0.6) is 5.75 Å². The van der Waals surface area contributed by atoms with E-state index in [0.717, 1.165) is 11.1 Å². The number of ether oxygens (including phenoxy) is 1. The fraction of sp³-hybridized carbons (Fsp3) is 0.111. The van der Waals surface area contributed by atoms with Crippen LogP contribution >= 0.6 is 0 Å². The van der Waals surface area contributed by atoms with E-state index in [1.54, 1.807) is 26.0 Å². The first kappa shape index (κ1) is 14.1. The lowest BCUT2D eigenvalue weighted by atomic mass is 10.1. The number of hydrogen-bond donors (Lipinski definition) is 0. The van der Waals surface area contributed by atoms with Crippen molar-refractivity contribution in [1.82, 2.24) is 5.16 Å². The number of carbonyl (C=O) groups excluding carboxylic acids is 1. The molecule has 4 nitrogen and oxygen atoms in total. The molecule has 0 saturated carbocycles. The van der Waals surface area contributed by atoms with Gasteiger partial charge >= 0.3 is 5.97 Å². The molecule has 0 saturated heterocycles. The fourth-order valence-corrected chi connectivity index (χ4v) is 2.28. The van der Waals surface area contributed by atoms with Crippen LogP contribution in [-0.2, 0) is 0 Å². The third-order valence-electron chi connectivity index (χ3n) is 3.41. The molecule has 0 unspecified atom stereocenters. The minimum atomic E-state index is -0.455. The molecule has 0 aliphatic heterocycles. The number of carbonyl (C=O) groups is 1. The smallest absolute Gasteiger partial charge is 0.349 e. The second-order valence-corrected chi connectivity index (χ2v) is 4.98. The number of rotatable bonds is 3. The highest BCUT2D eigenvalue weighted by atomic mass is 16.5. The maximum atomic E-state index is 12.1. The number of benzene rings is 2. The highest BCUT2D eigenvalue weighted by Crippen LogP contribution is 2.23. The minimum absolute atomic E-state index is 0.382. The molecule has 110 valence electrons. The topological polar surface area (TPSA) is 52.3 Å². The highest BCUT2D eigenvalue weighted by Gasteiger charge is 2.19. The SMILES string of the molecule is Cc1noc(C)c1C(=O)Oc1ccc(-c2ccccc2)cc1. The van der Waals surface area contributed by atoms with Crippen molar-refractivity contribution in [2.24, 2.45) is 0 Å². The summed E-state index contributed by atoms with van der Waals surface area (Å²) in [6, 6.07) is 17.4. The monoisotopic (exact) mass is 293 g/mol. The van der Waals surface area contributed by atoms with Gasteiger partial charge in [-0.1, -0.05) is 47.6 Å². The van der Waals surface area contributed by atoms with Gasteiger partial charge in [0.25, 0.3) is 0 Å². The zero-order chi connectivity index (χ0) is 15.5. The summed E-state index contributed by atoms with van der Waals surface area (Å²) in [5, 5.41) is 3.76. The Morgan fingerprint density at radius 3 is 2.18 bits per heavy atom. The highest BCUT2D eigenvalue weighted by molar-refractivity contribution is 5.93. The van der Waals surface area contributed by atoms with Crippen LogP contribution in [0.3, 0.4) is 0 Å². The number of esters is 1. The molecule has 0 spiro atoms. The Kier molecular flexibility index (Phi) is 3.74. The lowest BCUT2D eigenvalue weighted by Crippen LogP contribution is -2.10. The molecule has 0 aliphatic rings. The number of aromatic nitrogens is 1. The minimum Gasteiger partial charge on any atom is -0.423 e. The standard InChI is InChI=1S/C18H15NO3/c1-12-17(13(2)22-19-12)18(20)21-16-10-8-15(9-11-16)14-6-4-3-5-7-14/h3-11H,1-2H3. The summed E-state index contributed by atoms with van der Waals surface area (Å²) in [6.07, 6.45) is 0. The van der Waals surface area contributed by atoms with Crippen LogP contribution in [0.1, 0.15) is 21.8 Å². The van der Waals surface area contributed by atoms with Crippen molar-refractivity contribution in [3.63, 3.8) is 0 Å². The molecule has 2 aromatic carbocycles. The van der Waals surface area contributed by atoms with E-state index < -0.39 is 5.97 Å². The molecule has 22 heavy (non-hydrogen) atoms. The molecule has 4 heteroatoms. The molecule has 0 amide bonds. The Morgan fingerprint density at radius 1 is 0.955 bits per heavy atom. The molecule has 1 aromatic heterocycles. The Bertz CT molecular complexity index is 769. The van der Waals surface area contributed by atoms with Crippen LogP contribution in [0.2, 0.25) is 0 Å². The summed E-state index contributed by atoms with van der Waals surface area (Å²) >= 11 is 0. The van der Waals surface area contributed by atoms with E-state index in [1.807, 2.05) is 42.5 Å². The van der Waals surface area contributed by atoms with Crippen LogP contribution in [0.25, 0.3) is 11.1 Å². The third-order valence-corrected chi connectivity index (χ3v) is 3.41. The first-order valence-corrected chi connectivity index (χ1v) is 6.95. The molecular weight excluding hydrogens is 278 g/mol. The average molecular weight is 293 g/mol. The maximum Gasteiger partial charge on any atom is 0.349 e. The van der Waals surface area contributed by atoms with Gasteiger partial charge < -0.3 is 9.26 Å². The third kappa shape index (κ3) is 2.76. The summed E-state index contributed by atoms with van der Waals surface area (Å²) in [5.41, 5.74) is 3.10. The van der Waals surface area contributed by atoms with Gasteiger partial charge in [-0.05, 0) is 37.1 Å². The molecule has 0 aliphatic carbocycles. The van der Waals surface area contributed by atoms with Gasteiger partial charge in [-0.3, -0.25) is 0 Å². The molecule has 0 N–H and O–H groups in total. The number of hydrogen-bond acceptors (Lipinski definition) is 4. The summed E-state index contributed by atoms with van der Waals surface area (Å²) < 4.78 is 10.4. The largest absolute Gasteiger partial charge is 0.423 e. The van der Waals surface area contributed by atoms with Crippen molar-refractivity contribution < 1.29 is 14.1 Å². The maximum absolute atomic E-state index is 12.1. The molecule has 1 heterocycles. The predicted octanol–water partition coefficient (Wildman–Crippen LogP) is 4.18. The summed E-state index contributed by atoms with van der Waals surface area (Å²) in [7, 11) is 0. The van der Waals surface area contributed by atoms with E-state index in [0.29, 0.717) is 22.8 Å². The molecule has 0 atom stereocenters. The Labute approximate surface area is 128 Å². The van der Waals surface area contributed by atoms with Crippen LogP contribution in [0, 0.1) is 13.8 Å². The van der Waals surface area contributed by atoms with Crippen LogP contribution in [-0.4, -0.2) is 11.1 Å². The zero-order valence-electron chi connectivity index (χ0n) is 12.4. The Balaban J connectivity index is 1.78. The van der Waals surface area contributed by atoms with Crippen LogP contribution < -0.4 is 4.74 Å². The van der Waals surface area contributed by atoms with Crippen molar-refractivity contribution in [2.45, 2.75) is 13.8 Å². The van der Waals surface area contributed by atoms with Crippen molar-refractivity contribution in [3.8, 4) is 16.9 Å². The van der Waals surface area contributed by atoms with Crippen LogP contribution in [0.15, 0.2) is 59.1 Å². The zero-order valence-corrected chi connectivity index (χ0v) is 12.4. The normalized spacial score (nSPS) is 10.5. The van der Waals surface area contributed by atoms with Gasteiger partial charge in [0, 0.05) is 0 Å². The number of nitrogens with zero attached hydrogens (tertiary/aromatic N) is 1. The summed E-state index contributed by atoms with van der Waals surface area (Å²) in [5.74, 6) is 0.497. The Hall–Kier alpha value is -2.88. The van der Waals surface area contributed by atoms with Gasteiger partial charge in [0.15, 0.2) is 0 Å². The van der Waals surface area contributed by atoms with Gasteiger partial charge in [0.2, 0.25) is 0 Å². The first-order chi connectivity index (χ1) is 10.6. The van der Waals surface area contributed by atoms with E-state index in [-0.39, 0.29) is 0 Å². The van der Waals surface area contributed by atoms with Crippen molar-refractivity contribution in [1.29, 1.82) is 0 Å². The van der Waals surface area contributed by atoms with E-state index in [1.165, 1.54) is 0 Å². The molecule has 0 fully saturated rings. The van der Waals surface area contributed by atoms with Crippen LogP contribution in [0.4, 0.5) is 0 Å². The molecule has 0 bridgehead atoms. The van der Waals surface area contributed by atoms with Crippen molar-refractivity contribution >= 4 is 5.97 Å². The Morgan fingerprint density at radius 2 is 1.59 bits per heavy atom. The first-order valence-electron chi connectivity index (χ1n) is 6.95. The number of aryl methyl sites for hydroxylation is 2. The predicted molar refractivity (Wildman–Crippen MR) is 82.8 cm³/mol. The van der Waals surface area contributed by atoms with Gasteiger partial charge in [-0.15, -0.1) is 0 Å². The van der Waals surface area contributed by atoms with Crippen molar-refractivity contribution in [3.05, 3.63) is 71.6 Å². The van der Waals surface area contributed by atoms with E-state index in [4.69, 9.17) is 9.26 Å². The van der Waals surface area contributed by atoms with E-state index in [2.05, 4.69) is 5.16 Å². The second-order valence-electron chi connectivity index (χ2n) is 4.98. The lowest BCUT2D eigenvalue weighted by Gasteiger charge is -2.05. The van der Waals surface area contributed by atoms with Gasteiger partial charge in [-0.25, -0.2) is 4.79 Å². The van der Waals surface area contributed by atoms with E-state index >= 15 is 0 Å². The quantitative estimate of drug-likeness (QED) is 0.537. The lowest BCUT2D eigenvalue weighted by molar-refractivity contribution is 0.0732.